The minimum absolute atomic E-state index is 0.0634. The molecule has 0 fully saturated rings. The van der Waals surface area contributed by atoms with E-state index < -0.39 is 0 Å². The Morgan fingerprint density at radius 1 is 1.57 bits per heavy atom. The van der Waals surface area contributed by atoms with E-state index in [4.69, 9.17) is 4.74 Å². The van der Waals surface area contributed by atoms with Crippen LogP contribution in [0.25, 0.3) is 0 Å². The molecule has 1 aromatic rings. The largest absolute Gasteiger partial charge is 0.463 e. The average Bonchev–Trinajstić information content (AvgIpc) is 2.07. The molecule has 0 saturated heterocycles. The van der Waals surface area contributed by atoms with Crippen LogP contribution in [0.3, 0.4) is 0 Å². The molecular weight excluding hydrogens is 178 g/mol. The minimum atomic E-state index is -0.221. The van der Waals surface area contributed by atoms with Gasteiger partial charge in [0.2, 0.25) is 0 Å². The lowest BCUT2D eigenvalue weighted by atomic mass is 10.2. The summed E-state index contributed by atoms with van der Waals surface area (Å²) < 4.78 is 5.03. The van der Waals surface area contributed by atoms with Crippen LogP contribution >= 0.6 is 0 Å². The highest BCUT2D eigenvalue weighted by Crippen LogP contribution is 2.05. The van der Waals surface area contributed by atoms with E-state index in [0.717, 1.165) is 11.3 Å². The lowest BCUT2D eigenvalue weighted by Crippen LogP contribution is -2.14. The summed E-state index contributed by atoms with van der Waals surface area (Å²) in [6.45, 7) is 5.61. The molecule has 1 aromatic heterocycles. The van der Waals surface area contributed by atoms with Gasteiger partial charge in [-0.25, -0.2) is 0 Å². The van der Waals surface area contributed by atoms with Gasteiger partial charge in [0.05, 0.1) is 18.2 Å². The summed E-state index contributed by atoms with van der Waals surface area (Å²) in [5, 5.41) is 0. The Morgan fingerprint density at radius 3 is 2.86 bits per heavy atom. The number of ether oxygens (including phenoxy) is 1. The number of rotatable bonds is 3. The number of hydrogen-bond acceptors (Lipinski definition) is 3. The van der Waals surface area contributed by atoms with Crippen molar-refractivity contribution in [3.63, 3.8) is 0 Å². The van der Waals surface area contributed by atoms with Crippen molar-refractivity contribution in [1.82, 2.24) is 4.98 Å². The zero-order valence-electron chi connectivity index (χ0n) is 8.78. The van der Waals surface area contributed by atoms with Gasteiger partial charge in [-0.15, -0.1) is 0 Å². The molecule has 0 N–H and O–H groups in total. The van der Waals surface area contributed by atoms with Crippen LogP contribution in [0.4, 0.5) is 0 Å². The van der Waals surface area contributed by atoms with E-state index >= 15 is 0 Å². The third kappa shape index (κ3) is 3.17. The fraction of sp³-hybridized carbons (Fsp3) is 0.455. The third-order valence-electron chi connectivity index (χ3n) is 1.80. The molecule has 0 aliphatic rings. The van der Waals surface area contributed by atoms with Crippen molar-refractivity contribution < 1.29 is 9.53 Å². The van der Waals surface area contributed by atoms with Crippen molar-refractivity contribution in [2.45, 2.75) is 33.3 Å². The Kier molecular flexibility index (Phi) is 3.63. The molecule has 0 aliphatic heterocycles. The Labute approximate surface area is 84.1 Å². The topological polar surface area (TPSA) is 39.2 Å². The molecule has 0 amide bonds. The van der Waals surface area contributed by atoms with Crippen molar-refractivity contribution in [2.75, 3.05) is 0 Å². The van der Waals surface area contributed by atoms with Gasteiger partial charge >= 0.3 is 5.97 Å². The number of aryl methyl sites for hydroxylation is 1. The van der Waals surface area contributed by atoms with Gasteiger partial charge in [0.1, 0.15) is 0 Å². The normalized spacial score (nSPS) is 10.3. The highest BCUT2D eigenvalue weighted by Gasteiger charge is 2.09. The van der Waals surface area contributed by atoms with Gasteiger partial charge < -0.3 is 4.74 Å². The molecule has 0 atom stereocenters. The monoisotopic (exact) mass is 193 g/mol. The molecule has 14 heavy (non-hydrogen) atoms. The van der Waals surface area contributed by atoms with E-state index in [0.29, 0.717) is 0 Å². The fourth-order valence-corrected chi connectivity index (χ4v) is 1.14. The van der Waals surface area contributed by atoms with Gasteiger partial charge in [-0.3, -0.25) is 9.78 Å². The van der Waals surface area contributed by atoms with Crippen molar-refractivity contribution in [3.8, 4) is 0 Å². The quantitative estimate of drug-likeness (QED) is 0.688. The van der Waals surface area contributed by atoms with E-state index in [9.17, 15) is 4.79 Å². The van der Waals surface area contributed by atoms with Crippen LogP contribution in [0.2, 0.25) is 0 Å². The van der Waals surface area contributed by atoms with E-state index in [1.807, 2.05) is 32.9 Å². The second-order valence-corrected chi connectivity index (χ2v) is 3.48. The molecule has 1 heterocycles. The molecule has 0 unspecified atom stereocenters. The second-order valence-electron chi connectivity index (χ2n) is 3.48. The number of esters is 1. The summed E-state index contributed by atoms with van der Waals surface area (Å²) in [4.78, 5) is 15.4. The summed E-state index contributed by atoms with van der Waals surface area (Å²) in [7, 11) is 0. The maximum Gasteiger partial charge on any atom is 0.312 e. The van der Waals surface area contributed by atoms with Crippen molar-refractivity contribution in [2.24, 2.45) is 0 Å². The first-order valence-corrected chi connectivity index (χ1v) is 4.69. The Morgan fingerprint density at radius 2 is 2.29 bits per heavy atom. The van der Waals surface area contributed by atoms with Gasteiger partial charge in [-0.05, 0) is 32.4 Å². The maximum atomic E-state index is 11.3. The lowest BCUT2D eigenvalue weighted by Gasteiger charge is -2.08. The van der Waals surface area contributed by atoms with Gasteiger partial charge in [0, 0.05) is 6.20 Å². The number of carbonyl (C=O) groups is 1. The molecule has 3 nitrogen and oxygen atoms in total. The fourth-order valence-electron chi connectivity index (χ4n) is 1.14. The highest BCUT2D eigenvalue weighted by atomic mass is 16.5. The molecule has 3 heteroatoms. The van der Waals surface area contributed by atoms with Crippen LogP contribution in [-0.4, -0.2) is 17.1 Å². The molecule has 0 bridgehead atoms. The van der Waals surface area contributed by atoms with Crippen LogP contribution in [0, 0.1) is 6.92 Å². The summed E-state index contributed by atoms with van der Waals surface area (Å²) in [6, 6.07) is 3.79. The summed E-state index contributed by atoms with van der Waals surface area (Å²) >= 11 is 0. The SMILES string of the molecule is Cc1cccnc1CC(=O)OC(C)C. The number of aromatic nitrogens is 1. The zero-order valence-corrected chi connectivity index (χ0v) is 8.78. The third-order valence-corrected chi connectivity index (χ3v) is 1.80. The highest BCUT2D eigenvalue weighted by molar-refractivity contribution is 5.72. The Hall–Kier alpha value is -1.38. The maximum absolute atomic E-state index is 11.3. The second kappa shape index (κ2) is 4.74. The van der Waals surface area contributed by atoms with E-state index in [-0.39, 0.29) is 18.5 Å². The molecular formula is C11H15NO2. The van der Waals surface area contributed by atoms with Crippen molar-refractivity contribution in [3.05, 3.63) is 29.6 Å². The Bertz CT molecular complexity index is 321. The van der Waals surface area contributed by atoms with Crippen molar-refractivity contribution >= 4 is 5.97 Å². The zero-order chi connectivity index (χ0) is 10.6. The predicted molar refractivity (Wildman–Crippen MR) is 53.9 cm³/mol. The van der Waals surface area contributed by atoms with Crippen LogP contribution in [-0.2, 0) is 16.0 Å². The van der Waals surface area contributed by atoms with Gasteiger partial charge in [-0.1, -0.05) is 6.07 Å². The summed E-state index contributed by atoms with van der Waals surface area (Å²) in [5.74, 6) is -0.221. The number of pyridine rings is 1. The van der Waals surface area contributed by atoms with E-state index in [1.165, 1.54) is 0 Å². The van der Waals surface area contributed by atoms with Crippen LogP contribution in [0.5, 0.6) is 0 Å². The number of hydrogen-bond donors (Lipinski definition) is 0. The first kappa shape index (κ1) is 10.7. The molecule has 0 radical (unpaired) electrons. The molecule has 0 aromatic carbocycles. The van der Waals surface area contributed by atoms with E-state index in [2.05, 4.69) is 4.98 Å². The Balaban J connectivity index is 2.61. The molecule has 0 aliphatic carbocycles. The first-order valence-electron chi connectivity index (χ1n) is 4.69. The standard InChI is InChI=1S/C11H15NO2/c1-8(2)14-11(13)7-10-9(3)5-4-6-12-10/h4-6,8H,7H2,1-3H3. The van der Waals surface area contributed by atoms with Crippen LogP contribution < -0.4 is 0 Å². The van der Waals surface area contributed by atoms with Crippen LogP contribution in [0.1, 0.15) is 25.1 Å². The number of carbonyl (C=O) groups excluding carboxylic acids is 1. The molecule has 1 rings (SSSR count). The molecule has 76 valence electrons. The lowest BCUT2D eigenvalue weighted by molar-refractivity contribution is -0.146. The first-order chi connectivity index (χ1) is 6.59. The van der Waals surface area contributed by atoms with Crippen LogP contribution in [0.15, 0.2) is 18.3 Å². The van der Waals surface area contributed by atoms with Gasteiger partial charge in [0.25, 0.3) is 0 Å². The minimum Gasteiger partial charge on any atom is -0.463 e. The average molecular weight is 193 g/mol. The summed E-state index contributed by atoms with van der Waals surface area (Å²) in [6.07, 6.45) is 1.88. The smallest absolute Gasteiger partial charge is 0.312 e. The summed E-state index contributed by atoms with van der Waals surface area (Å²) in [5.41, 5.74) is 1.81. The van der Waals surface area contributed by atoms with E-state index in [1.54, 1.807) is 6.20 Å². The molecule has 0 saturated carbocycles. The number of nitrogens with zero attached hydrogens (tertiary/aromatic N) is 1. The molecule has 0 spiro atoms. The van der Waals surface area contributed by atoms with Gasteiger partial charge in [-0.2, -0.15) is 0 Å². The van der Waals surface area contributed by atoms with Gasteiger partial charge in [0.15, 0.2) is 0 Å². The predicted octanol–water partition coefficient (Wildman–Crippen LogP) is 1.88. The van der Waals surface area contributed by atoms with Crippen molar-refractivity contribution in [1.29, 1.82) is 0 Å².